The number of nitrogens with zero attached hydrogens (tertiary/aromatic N) is 4. The van der Waals surface area contributed by atoms with Gasteiger partial charge in [0, 0.05) is 86.1 Å². The molecule has 0 bridgehead atoms. The van der Waals surface area contributed by atoms with Gasteiger partial charge in [-0.05, 0) is 80.2 Å². The van der Waals surface area contributed by atoms with Gasteiger partial charge in [0.1, 0.15) is 48.3 Å². The number of nitrogens with one attached hydrogen (secondary N) is 11. The number of H-pyrrole nitrogens is 3. The minimum absolute atomic E-state index is 0.0140. The summed E-state index contributed by atoms with van der Waals surface area (Å²) in [6.45, 7) is 4.10. The maximum absolute atomic E-state index is 15.0. The first-order valence-corrected chi connectivity index (χ1v) is 32.0. The maximum Gasteiger partial charge on any atom is 0.243 e. The average Bonchev–Trinajstić information content (AvgIpc) is 1.56. The van der Waals surface area contributed by atoms with Crippen molar-refractivity contribution in [3.05, 3.63) is 144 Å². The molecule has 0 saturated carbocycles. The lowest BCUT2D eigenvalue weighted by molar-refractivity contribution is -0.136. The van der Waals surface area contributed by atoms with Gasteiger partial charge >= 0.3 is 0 Å². The monoisotopic (exact) mass is 1320 g/mol. The number of fused-ring (bicyclic) bond motifs is 1. The van der Waals surface area contributed by atoms with E-state index in [1.807, 2.05) is 31.2 Å². The fourth-order valence-corrected chi connectivity index (χ4v) is 10.6. The number of nitrogens with two attached hydrogens (primary N) is 7. The lowest BCUT2D eigenvalue weighted by atomic mass is 9.96. The number of hydrogen-bond acceptors (Lipinski definition) is 15. The van der Waals surface area contributed by atoms with E-state index >= 15 is 9.59 Å². The summed E-state index contributed by atoms with van der Waals surface area (Å²) in [4.78, 5) is 155. The lowest BCUT2D eigenvalue weighted by Crippen LogP contribution is -2.62. The minimum atomic E-state index is -1.45. The van der Waals surface area contributed by atoms with E-state index in [1.165, 1.54) is 25.0 Å². The van der Waals surface area contributed by atoms with Gasteiger partial charge in [0.2, 0.25) is 53.2 Å². The van der Waals surface area contributed by atoms with E-state index in [4.69, 9.17) is 40.1 Å². The minimum Gasteiger partial charge on any atom is -0.370 e. The van der Waals surface area contributed by atoms with Crippen LogP contribution in [0.5, 0.6) is 0 Å². The molecule has 10 atom stereocenters. The molecule has 6 aromatic rings. The number of aromatic nitrogens is 5. The van der Waals surface area contributed by atoms with Crippen LogP contribution in [0.1, 0.15) is 93.3 Å². The van der Waals surface area contributed by atoms with Gasteiger partial charge in [-0.15, -0.1) is 0 Å². The molecule has 3 aromatic carbocycles. The molecular weight excluding hydrogens is 1230 g/mol. The number of unbranched alkanes of at least 4 members (excludes halogenated alkanes) is 1. The summed E-state index contributed by atoms with van der Waals surface area (Å²) in [5, 5.41) is 23.2. The molecule has 516 valence electrons. The lowest BCUT2D eigenvalue weighted by Gasteiger charge is -2.30. The Morgan fingerprint density at radius 2 is 0.896 bits per heavy atom. The van der Waals surface area contributed by atoms with Gasteiger partial charge in [-0.25, -0.2) is 9.97 Å². The molecular formula is C65H92N22O9. The molecule has 96 heavy (non-hydrogen) atoms. The van der Waals surface area contributed by atoms with Crippen LogP contribution in [0, 0.1) is 5.92 Å². The first-order chi connectivity index (χ1) is 46.1. The Morgan fingerprint density at radius 1 is 0.469 bits per heavy atom. The number of rotatable bonds is 41. The Morgan fingerprint density at radius 3 is 1.40 bits per heavy atom. The highest BCUT2D eigenvalue weighted by molar-refractivity contribution is 5.99. The van der Waals surface area contributed by atoms with Crippen LogP contribution in [0.2, 0.25) is 0 Å². The van der Waals surface area contributed by atoms with Gasteiger partial charge in [0.15, 0.2) is 11.9 Å². The molecule has 0 saturated heterocycles. The third kappa shape index (κ3) is 24.3. The highest BCUT2D eigenvalue weighted by atomic mass is 16.2. The summed E-state index contributed by atoms with van der Waals surface area (Å²) in [5.41, 5.74) is 43.6. The Balaban J connectivity index is 1.26. The van der Waals surface area contributed by atoms with Crippen molar-refractivity contribution in [2.45, 2.75) is 152 Å². The predicted molar refractivity (Wildman–Crippen MR) is 362 cm³/mol. The van der Waals surface area contributed by atoms with Crippen LogP contribution in [0.15, 0.2) is 126 Å². The molecule has 0 aliphatic carbocycles. The topological polar surface area (TPSA) is 530 Å². The highest BCUT2D eigenvalue weighted by Crippen LogP contribution is 2.21. The Hall–Kier alpha value is -10.7. The number of benzene rings is 3. The van der Waals surface area contributed by atoms with E-state index in [2.05, 4.69) is 77.4 Å². The zero-order chi connectivity index (χ0) is 69.5. The van der Waals surface area contributed by atoms with Crippen molar-refractivity contribution >= 4 is 76.0 Å². The standard InChI is InChI=1S/C65H92N22O9/c1-3-38(2)54(87-62(95)51(29-40-18-8-5-9-19-40)84-60(93)52(30-41-33-77-46-22-11-10-20-44(41)46)83-56(89)45(67)21-14-26-75-64(69)70)63(96)86-50(28-39-16-6-4-7-17-39)59(92)85-53(32-43-35-74-37-79-43)61(94)81-47(23-12-13-25-66)57(90)80-48(24-15-27-76-65(71)72)58(91)82-49(55(68)88)31-42-34-73-36-78-42/h4-11,16-20,22,33-38,45,47-54,77H,3,12-15,21,23-32,66-67H2,1-2H3,(H2,68,88)(H,73,78)(H,74,79)(H,80,90)(H,81,94)(H,82,91)(H,83,89)(H,84,93)(H,85,92)(H,86,96)(H,87,95)(H4,69,70,75)(H4,71,72,76)/t38-,45-,47-,48-,49-,50+,51+,52+,53-,54-/m0/s1. The van der Waals surface area contributed by atoms with E-state index in [1.54, 1.807) is 73.8 Å². The van der Waals surface area contributed by atoms with Crippen molar-refractivity contribution in [3.8, 4) is 0 Å². The van der Waals surface area contributed by atoms with E-state index in [0.29, 0.717) is 53.8 Å². The second-order valence-electron chi connectivity index (χ2n) is 23.5. The molecule has 3 aromatic heterocycles. The van der Waals surface area contributed by atoms with Crippen LogP contribution in [-0.2, 0) is 75.3 Å². The van der Waals surface area contributed by atoms with E-state index in [-0.39, 0.29) is 89.3 Å². The molecule has 31 heteroatoms. The number of aromatic amines is 3. The fourth-order valence-electron chi connectivity index (χ4n) is 10.6. The van der Waals surface area contributed by atoms with Crippen molar-refractivity contribution in [2.24, 2.45) is 56.0 Å². The number of aliphatic imine (C=N–C) groups is 2. The van der Waals surface area contributed by atoms with E-state index in [0.717, 1.165) is 10.9 Å². The summed E-state index contributed by atoms with van der Waals surface area (Å²) < 4.78 is 0. The highest BCUT2D eigenvalue weighted by Gasteiger charge is 2.37. The average molecular weight is 1330 g/mol. The van der Waals surface area contributed by atoms with Gasteiger partial charge in [0.25, 0.3) is 0 Å². The number of imidazole rings is 2. The number of guanidine groups is 2. The SMILES string of the molecule is CC[C@H](C)[C@H](NC(=O)[C@@H](Cc1ccccc1)NC(=O)[C@@H](Cc1c[nH]c2ccccc12)NC(=O)[C@@H](N)CCCN=C(N)N)C(=O)N[C@H](Cc1ccccc1)C(=O)N[C@@H](Cc1cnc[nH]1)C(=O)N[C@@H](CCCCN)C(=O)N[C@@H](CCCN=C(N)N)C(=O)N[C@@H](Cc1cnc[nH]1)C(N)=O. The number of primary amides is 1. The van der Waals surface area contributed by atoms with Crippen LogP contribution in [0.4, 0.5) is 0 Å². The van der Waals surface area contributed by atoms with Crippen molar-refractivity contribution in [3.63, 3.8) is 0 Å². The molecule has 0 aliphatic rings. The second kappa shape index (κ2) is 38.5. The van der Waals surface area contributed by atoms with Crippen molar-refractivity contribution in [1.29, 1.82) is 0 Å². The smallest absolute Gasteiger partial charge is 0.243 e. The van der Waals surface area contributed by atoms with Gasteiger partial charge in [-0.2, -0.15) is 0 Å². The normalized spacial score (nSPS) is 14.2. The number of amides is 9. The third-order valence-corrected chi connectivity index (χ3v) is 16.1. The second-order valence-corrected chi connectivity index (χ2v) is 23.5. The summed E-state index contributed by atoms with van der Waals surface area (Å²) in [5.74, 6) is -7.86. The Labute approximate surface area is 556 Å². The van der Waals surface area contributed by atoms with Gasteiger partial charge in [-0.1, -0.05) is 99.1 Å². The summed E-state index contributed by atoms with van der Waals surface area (Å²) in [7, 11) is 0. The molecule has 0 fully saturated rings. The molecule has 0 unspecified atom stereocenters. The summed E-state index contributed by atoms with van der Waals surface area (Å²) >= 11 is 0. The molecule has 0 spiro atoms. The maximum atomic E-state index is 15.0. The number of hydrogen-bond donors (Lipinski definition) is 18. The summed E-state index contributed by atoms with van der Waals surface area (Å²) in [6.07, 6.45) is 8.88. The number of carbonyl (C=O) groups is 9. The molecule has 0 aliphatic heterocycles. The quantitative estimate of drug-likeness (QED) is 0.0113. The van der Waals surface area contributed by atoms with Crippen LogP contribution in [-0.4, -0.2) is 164 Å². The first kappa shape index (κ1) is 74.4. The number of carbonyl (C=O) groups excluding carboxylic acids is 9. The molecule has 25 N–H and O–H groups in total. The molecule has 6 rings (SSSR count). The molecule has 3 heterocycles. The van der Waals surface area contributed by atoms with Crippen molar-refractivity contribution < 1.29 is 43.2 Å². The zero-order valence-corrected chi connectivity index (χ0v) is 54.1. The largest absolute Gasteiger partial charge is 0.370 e. The van der Waals surface area contributed by atoms with Gasteiger partial charge in [-0.3, -0.25) is 53.1 Å². The predicted octanol–water partition coefficient (Wildman–Crippen LogP) is -1.90. The van der Waals surface area contributed by atoms with Crippen molar-refractivity contribution in [1.82, 2.24) is 67.5 Å². The van der Waals surface area contributed by atoms with Gasteiger partial charge < -0.3 is 97.6 Å². The fraction of sp³-hybridized carbons (Fsp3) is 0.431. The zero-order valence-electron chi connectivity index (χ0n) is 54.1. The molecule has 0 radical (unpaired) electrons. The van der Waals surface area contributed by atoms with Gasteiger partial charge in [0.05, 0.1) is 18.7 Å². The molecule has 31 nitrogen and oxygen atoms in total. The summed E-state index contributed by atoms with van der Waals surface area (Å²) in [6, 6.07) is 13.4. The van der Waals surface area contributed by atoms with Crippen LogP contribution in [0.3, 0.4) is 0 Å². The number of para-hydroxylation sites is 1. The van der Waals surface area contributed by atoms with E-state index < -0.39 is 113 Å². The van der Waals surface area contributed by atoms with Crippen LogP contribution in [0.25, 0.3) is 10.9 Å². The Kier molecular flexibility index (Phi) is 29.8. The van der Waals surface area contributed by atoms with Crippen LogP contribution < -0.4 is 82.7 Å². The Bertz CT molecular complexity index is 3520. The molecule has 9 amide bonds. The van der Waals surface area contributed by atoms with Crippen molar-refractivity contribution in [2.75, 3.05) is 19.6 Å². The van der Waals surface area contributed by atoms with Crippen LogP contribution >= 0.6 is 0 Å². The third-order valence-electron chi connectivity index (χ3n) is 16.1. The van der Waals surface area contributed by atoms with E-state index in [9.17, 15) is 33.6 Å². The first-order valence-electron chi connectivity index (χ1n) is 32.0.